The van der Waals surface area contributed by atoms with Crippen LogP contribution >= 0.6 is 0 Å². The zero-order valence-electron chi connectivity index (χ0n) is 9.92. The average Bonchev–Trinajstić information content (AvgIpc) is 2.71. The summed E-state index contributed by atoms with van der Waals surface area (Å²) in [6.45, 7) is 2.55. The number of nitrogens with two attached hydrogens (primary N) is 1. The molecule has 2 aromatic rings. The van der Waals surface area contributed by atoms with Gasteiger partial charge < -0.3 is 10.2 Å². The maximum atomic E-state index is 12.5. The smallest absolute Gasteiger partial charge is 0.449 e. The summed E-state index contributed by atoms with van der Waals surface area (Å²) < 4.78 is 42.3. The fourth-order valence-corrected chi connectivity index (χ4v) is 1.92. The summed E-state index contributed by atoms with van der Waals surface area (Å²) in [6.07, 6.45) is -3.64. The summed E-state index contributed by atoms with van der Waals surface area (Å²) in [5.74, 6) is -0.732. The van der Waals surface area contributed by atoms with Crippen molar-refractivity contribution in [1.29, 1.82) is 0 Å². The van der Waals surface area contributed by atoms with Crippen LogP contribution in [0.3, 0.4) is 0 Å². The summed E-state index contributed by atoms with van der Waals surface area (Å²) in [5, 5.41) is 0.476. The highest BCUT2D eigenvalue weighted by molar-refractivity contribution is 5.79. The number of alkyl halides is 3. The molecule has 0 saturated heterocycles. The summed E-state index contributed by atoms with van der Waals surface area (Å²) >= 11 is 0. The molecule has 98 valence electrons. The van der Waals surface area contributed by atoms with Crippen molar-refractivity contribution in [2.45, 2.75) is 25.4 Å². The number of fused-ring (bicyclic) bond motifs is 1. The van der Waals surface area contributed by atoms with E-state index in [-0.39, 0.29) is 11.5 Å². The van der Waals surface area contributed by atoms with Crippen molar-refractivity contribution >= 4 is 11.0 Å². The van der Waals surface area contributed by atoms with E-state index in [1.807, 2.05) is 6.92 Å². The number of benzene rings is 1. The first-order valence-corrected chi connectivity index (χ1v) is 5.72. The first-order valence-electron chi connectivity index (χ1n) is 5.72. The quantitative estimate of drug-likeness (QED) is 0.905. The maximum Gasteiger partial charge on any atom is 0.449 e. The Morgan fingerprint density at radius 2 is 2.00 bits per heavy atom. The normalized spacial score (nSPS) is 14.1. The van der Waals surface area contributed by atoms with Gasteiger partial charge in [0, 0.05) is 5.39 Å². The zero-order valence-corrected chi connectivity index (χ0v) is 9.92. The fourth-order valence-electron chi connectivity index (χ4n) is 1.92. The van der Waals surface area contributed by atoms with Gasteiger partial charge in [-0.1, -0.05) is 13.0 Å². The van der Waals surface area contributed by atoms with Crippen LogP contribution in [0.5, 0.6) is 0 Å². The molecule has 1 unspecified atom stereocenters. The van der Waals surface area contributed by atoms with Crippen molar-refractivity contribution in [3.63, 3.8) is 0 Å². The standard InChI is InChI=1S/C13H14F3NO/c1-8(4-5-17)9-2-3-11-10(6-9)7-12(18-11)13(14,15)16/h2-3,6-8H,4-5,17H2,1H3. The van der Waals surface area contributed by atoms with E-state index in [2.05, 4.69) is 0 Å². The lowest BCUT2D eigenvalue weighted by molar-refractivity contribution is -0.152. The van der Waals surface area contributed by atoms with Gasteiger partial charge in [-0.3, -0.25) is 0 Å². The zero-order chi connectivity index (χ0) is 13.3. The van der Waals surface area contributed by atoms with E-state index in [9.17, 15) is 13.2 Å². The van der Waals surface area contributed by atoms with E-state index in [1.165, 1.54) is 0 Å². The molecular formula is C13H14F3NO. The third-order valence-electron chi connectivity index (χ3n) is 2.99. The van der Waals surface area contributed by atoms with E-state index in [0.29, 0.717) is 11.9 Å². The second-order valence-electron chi connectivity index (χ2n) is 4.38. The molecule has 1 aromatic carbocycles. The summed E-state index contributed by atoms with van der Waals surface area (Å²) in [7, 11) is 0. The Bertz CT molecular complexity index is 545. The third kappa shape index (κ3) is 2.51. The number of hydrogen-bond acceptors (Lipinski definition) is 2. The molecule has 0 aliphatic heterocycles. The van der Waals surface area contributed by atoms with Crippen LogP contribution in [0, 0.1) is 0 Å². The van der Waals surface area contributed by atoms with Crippen LogP contribution in [-0.4, -0.2) is 6.54 Å². The molecule has 2 rings (SSSR count). The Morgan fingerprint density at radius 3 is 2.61 bits per heavy atom. The summed E-state index contributed by atoms with van der Waals surface area (Å²) in [6, 6.07) is 6.13. The van der Waals surface area contributed by atoms with Crippen molar-refractivity contribution in [1.82, 2.24) is 0 Å². The van der Waals surface area contributed by atoms with Crippen LogP contribution in [0.2, 0.25) is 0 Å². The second-order valence-corrected chi connectivity index (χ2v) is 4.38. The molecule has 5 heteroatoms. The van der Waals surface area contributed by atoms with Gasteiger partial charge in [-0.05, 0) is 42.6 Å². The monoisotopic (exact) mass is 257 g/mol. The summed E-state index contributed by atoms with van der Waals surface area (Å²) in [5.41, 5.74) is 6.70. The van der Waals surface area contributed by atoms with E-state index >= 15 is 0 Å². The minimum atomic E-state index is -4.44. The molecule has 0 bridgehead atoms. The molecule has 0 fully saturated rings. The van der Waals surface area contributed by atoms with Gasteiger partial charge in [-0.25, -0.2) is 0 Å². The van der Waals surface area contributed by atoms with Gasteiger partial charge in [0.2, 0.25) is 5.76 Å². The Hall–Kier alpha value is -1.49. The lowest BCUT2D eigenvalue weighted by atomic mass is 9.97. The largest absolute Gasteiger partial charge is 0.452 e. The Labute approximate surface area is 103 Å². The number of hydrogen-bond donors (Lipinski definition) is 1. The molecule has 0 aliphatic rings. The topological polar surface area (TPSA) is 39.2 Å². The van der Waals surface area contributed by atoms with E-state index < -0.39 is 11.9 Å². The molecular weight excluding hydrogens is 243 g/mol. The molecule has 1 aromatic heterocycles. The van der Waals surface area contributed by atoms with E-state index in [4.69, 9.17) is 10.2 Å². The van der Waals surface area contributed by atoms with Crippen molar-refractivity contribution in [2.24, 2.45) is 5.73 Å². The molecule has 2 N–H and O–H groups in total. The summed E-state index contributed by atoms with van der Waals surface area (Å²) in [4.78, 5) is 0. The van der Waals surface area contributed by atoms with Crippen molar-refractivity contribution in [3.05, 3.63) is 35.6 Å². The van der Waals surface area contributed by atoms with Crippen LogP contribution in [0.1, 0.15) is 30.6 Å². The average molecular weight is 257 g/mol. The predicted molar refractivity (Wildman–Crippen MR) is 63.3 cm³/mol. The molecule has 0 amide bonds. The van der Waals surface area contributed by atoms with Gasteiger partial charge in [0.05, 0.1) is 0 Å². The molecule has 0 saturated carbocycles. The predicted octanol–water partition coefficient (Wildman–Crippen LogP) is 3.90. The van der Waals surface area contributed by atoms with E-state index in [0.717, 1.165) is 18.1 Å². The first kappa shape index (κ1) is 13.0. The highest BCUT2D eigenvalue weighted by Gasteiger charge is 2.35. The lowest BCUT2D eigenvalue weighted by Gasteiger charge is -2.09. The number of halogens is 3. The molecule has 0 radical (unpaired) electrons. The third-order valence-corrected chi connectivity index (χ3v) is 2.99. The van der Waals surface area contributed by atoms with Crippen molar-refractivity contribution < 1.29 is 17.6 Å². The van der Waals surface area contributed by atoms with Crippen LogP contribution in [-0.2, 0) is 6.18 Å². The molecule has 1 heterocycles. The Kier molecular flexibility index (Phi) is 3.34. The first-order chi connectivity index (χ1) is 8.41. The van der Waals surface area contributed by atoms with Crippen molar-refractivity contribution in [2.75, 3.05) is 6.54 Å². The molecule has 0 spiro atoms. The van der Waals surface area contributed by atoms with Gasteiger partial charge in [-0.2, -0.15) is 13.2 Å². The van der Waals surface area contributed by atoms with Gasteiger partial charge in [0.1, 0.15) is 5.58 Å². The van der Waals surface area contributed by atoms with Gasteiger partial charge >= 0.3 is 6.18 Å². The minimum absolute atomic E-state index is 0.226. The SMILES string of the molecule is CC(CCN)c1ccc2oc(C(F)(F)F)cc2c1. The highest BCUT2D eigenvalue weighted by Crippen LogP contribution is 2.34. The van der Waals surface area contributed by atoms with Gasteiger partial charge in [0.15, 0.2) is 0 Å². The van der Waals surface area contributed by atoms with Crippen molar-refractivity contribution in [3.8, 4) is 0 Å². The second kappa shape index (κ2) is 4.65. The fraction of sp³-hybridized carbons (Fsp3) is 0.385. The van der Waals surface area contributed by atoms with Crippen LogP contribution < -0.4 is 5.73 Å². The highest BCUT2D eigenvalue weighted by atomic mass is 19.4. The van der Waals surface area contributed by atoms with Crippen LogP contribution in [0.4, 0.5) is 13.2 Å². The number of rotatable bonds is 3. The number of furan rings is 1. The lowest BCUT2D eigenvalue weighted by Crippen LogP contribution is -2.04. The van der Waals surface area contributed by atoms with Crippen LogP contribution in [0.25, 0.3) is 11.0 Å². The molecule has 0 aliphatic carbocycles. The van der Waals surface area contributed by atoms with Gasteiger partial charge in [-0.15, -0.1) is 0 Å². The Morgan fingerprint density at radius 1 is 1.28 bits per heavy atom. The molecule has 18 heavy (non-hydrogen) atoms. The minimum Gasteiger partial charge on any atom is -0.452 e. The molecule has 2 nitrogen and oxygen atoms in total. The molecule has 1 atom stereocenters. The maximum absolute atomic E-state index is 12.5. The van der Waals surface area contributed by atoms with E-state index in [1.54, 1.807) is 18.2 Å². The Balaban J connectivity index is 2.40. The van der Waals surface area contributed by atoms with Gasteiger partial charge in [0.25, 0.3) is 0 Å². The van der Waals surface area contributed by atoms with Crippen LogP contribution in [0.15, 0.2) is 28.7 Å².